The fourth-order valence-corrected chi connectivity index (χ4v) is 1.89. The zero-order valence-electron chi connectivity index (χ0n) is 10.1. The standard InChI is InChI=1S/C13H20N2O/c1-3-10(2)11-4-5-12(15-8-11)13-9-14-6-7-16-13/h4-5,8,10,13-14H,3,6-7,9H2,1-2H3. The normalized spacial score (nSPS) is 23.0. The van der Waals surface area contributed by atoms with Crippen molar-refractivity contribution in [2.24, 2.45) is 0 Å². The van der Waals surface area contributed by atoms with Gasteiger partial charge in [-0.2, -0.15) is 0 Å². The third kappa shape index (κ3) is 2.60. The Morgan fingerprint density at radius 2 is 2.44 bits per heavy atom. The van der Waals surface area contributed by atoms with E-state index in [0.717, 1.165) is 31.8 Å². The van der Waals surface area contributed by atoms with Gasteiger partial charge in [0.2, 0.25) is 0 Å². The van der Waals surface area contributed by atoms with Crippen LogP contribution >= 0.6 is 0 Å². The molecule has 2 rings (SSSR count). The first kappa shape index (κ1) is 11.6. The molecular formula is C13H20N2O. The van der Waals surface area contributed by atoms with Gasteiger partial charge in [0.1, 0.15) is 6.10 Å². The molecule has 3 nitrogen and oxygen atoms in total. The molecule has 0 aliphatic carbocycles. The van der Waals surface area contributed by atoms with Crippen molar-refractivity contribution in [3.8, 4) is 0 Å². The van der Waals surface area contributed by atoms with Crippen molar-refractivity contribution in [2.45, 2.75) is 32.3 Å². The van der Waals surface area contributed by atoms with Gasteiger partial charge in [-0.3, -0.25) is 4.98 Å². The molecule has 1 aliphatic rings. The molecule has 0 radical (unpaired) electrons. The summed E-state index contributed by atoms with van der Waals surface area (Å²) in [6.07, 6.45) is 3.27. The van der Waals surface area contributed by atoms with E-state index in [0.29, 0.717) is 5.92 Å². The van der Waals surface area contributed by atoms with Gasteiger partial charge >= 0.3 is 0 Å². The summed E-state index contributed by atoms with van der Waals surface area (Å²) in [6, 6.07) is 4.27. The first-order valence-corrected chi connectivity index (χ1v) is 6.09. The summed E-state index contributed by atoms with van der Waals surface area (Å²) in [5.74, 6) is 0.590. The minimum Gasteiger partial charge on any atom is -0.369 e. The highest BCUT2D eigenvalue weighted by molar-refractivity contribution is 5.19. The summed E-state index contributed by atoms with van der Waals surface area (Å²) in [4.78, 5) is 4.51. The van der Waals surface area contributed by atoms with Gasteiger partial charge in [-0.1, -0.05) is 19.9 Å². The number of aromatic nitrogens is 1. The molecule has 1 N–H and O–H groups in total. The van der Waals surface area contributed by atoms with E-state index in [2.05, 4.69) is 36.3 Å². The number of rotatable bonds is 3. The monoisotopic (exact) mass is 220 g/mol. The maximum atomic E-state index is 5.67. The highest BCUT2D eigenvalue weighted by Gasteiger charge is 2.16. The molecule has 1 fully saturated rings. The molecule has 0 aromatic carbocycles. The lowest BCUT2D eigenvalue weighted by molar-refractivity contribution is 0.0250. The number of nitrogens with zero attached hydrogens (tertiary/aromatic N) is 1. The van der Waals surface area contributed by atoms with Crippen LogP contribution in [0.4, 0.5) is 0 Å². The molecule has 0 bridgehead atoms. The molecule has 3 heteroatoms. The van der Waals surface area contributed by atoms with Gasteiger partial charge in [0.15, 0.2) is 0 Å². The molecule has 0 saturated carbocycles. The van der Waals surface area contributed by atoms with Crippen LogP contribution in [0.3, 0.4) is 0 Å². The summed E-state index contributed by atoms with van der Waals surface area (Å²) in [5.41, 5.74) is 2.36. The van der Waals surface area contributed by atoms with Crippen LogP contribution in [-0.2, 0) is 4.74 Å². The number of hydrogen-bond donors (Lipinski definition) is 1. The molecule has 1 aliphatic heterocycles. The number of nitrogens with one attached hydrogen (secondary N) is 1. The molecule has 1 saturated heterocycles. The fraction of sp³-hybridized carbons (Fsp3) is 0.615. The van der Waals surface area contributed by atoms with Gasteiger partial charge in [-0.05, 0) is 24.0 Å². The van der Waals surface area contributed by atoms with E-state index in [1.165, 1.54) is 5.56 Å². The molecule has 2 atom stereocenters. The van der Waals surface area contributed by atoms with Crippen molar-refractivity contribution in [1.82, 2.24) is 10.3 Å². The van der Waals surface area contributed by atoms with Crippen molar-refractivity contribution in [2.75, 3.05) is 19.7 Å². The molecule has 0 spiro atoms. The van der Waals surface area contributed by atoms with E-state index < -0.39 is 0 Å². The Bertz CT molecular complexity index is 317. The first-order chi connectivity index (χ1) is 7.81. The molecule has 1 aromatic heterocycles. The van der Waals surface area contributed by atoms with Crippen LogP contribution in [0.2, 0.25) is 0 Å². The number of ether oxygens (including phenoxy) is 1. The largest absolute Gasteiger partial charge is 0.369 e. The second kappa shape index (κ2) is 5.41. The van der Waals surface area contributed by atoms with Crippen molar-refractivity contribution in [3.05, 3.63) is 29.6 Å². The molecular weight excluding hydrogens is 200 g/mol. The lowest BCUT2D eigenvalue weighted by Gasteiger charge is -2.23. The summed E-state index contributed by atoms with van der Waals surface area (Å²) in [7, 11) is 0. The minimum atomic E-state index is 0.125. The van der Waals surface area contributed by atoms with Gasteiger partial charge in [-0.25, -0.2) is 0 Å². The van der Waals surface area contributed by atoms with E-state index in [-0.39, 0.29) is 6.10 Å². The second-order valence-corrected chi connectivity index (χ2v) is 4.39. The van der Waals surface area contributed by atoms with E-state index in [1.54, 1.807) is 0 Å². The summed E-state index contributed by atoms with van der Waals surface area (Å²) in [5, 5.41) is 3.32. The molecule has 0 amide bonds. The van der Waals surface area contributed by atoms with Crippen molar-refractivity contribution in [3.63, 3.8) is 0 Å². The Kier molecular flexibility index (Phi) is 3.91. The summed E-state index contributed by atoms with van der Waals surface area (Å²) in [6.45, 7) is 7.03. The molecule has 2 unspecified atom stereocenters. The van der Waals surface area contributed by atoms with Gasteiger partial charge in [0, 0.05) is 19.3 Å². The Labute approximate surface area is 97.2 Å². The Morgan fingerprint density at radius 1 is 1.56 bits per heavy atom. The van der Waals surface area contributed by atoms with Gasteiger partial charge in [0.05, 0.1) is 12.3 Å². The number of pyridine rings is 1. The average molecular weight is 220 g/mol. The van der Waals surface area contributed by atoms with E-state index in [1.807, 2.05) is 6.20 Å². The molecule has 16 heavy (non-hydrogen) atoms. The Balaban J connectivity index is 2.06. The summed E-state index contributed by atoms with van der Waals surface area (Å²) < 4.78 is 5.67. The minimum absolute atomic E-state index is 0.125. The second-order valence-electron chi connectivity index (χ2n) is 4.39. The third-order valence-electron chi connectivity index (χ3n) is 3.25. The van der Waals surface area contributed by atoms with Crippen molar-refractivity contribution >= 4 is 0 Å². The zero-order chi connectivity index (χ0) is 11.4. The maximum absolute atomic E-state index is 5.67. The number of morpholine rings is 1. The third-order valence-corrected chi connectivity index (χ3v) is 3.25. The molecule has 88 valence electrons. The van der Waals surface area contributed by atoms with Crippen molar-refractivity contribution < 1.29 is 4.74 Å². The molecule has 1 aromatic rings. The van der Waals surface area contributed by atoms with Crippen LogP contribution in [0.1, 0.15) is 43.5 Å². The maximum Gasteiger partial charge on any atom is 0.112 e. The van der Waals surface area contributed by atoms with Gasteiger partial charge in [0.25, 0.3) is 0 Å². The predicted molar refractivity (Wildman–Crippen MR) is 64.5 cm³/mol. The SMILES string of the molecule is CCC(C)c1ccc(C2CNCCO2)nc1. The zero-order valence-corrected chi connectivity index (χ0v) is 10.1. The summed E-state index contributed by atoms with van der Waals surface area (Å²) >= 11 is 0. The van der Waals surface area contributed by atoms with Gasteiger partial charge in [-0.15, -0.1) is 0 Å². The average Bonchev–Trinajstić information content (AvgIpc) is 2.39. The smallest absolute Gasteiger partial charge is 0.112 e. The van der Waals surface area contributed by atoms with Crippen LogP contribution in [0.25, 0.3) is 0 Å². The lowest BCUT2D eigenvalue weighted by Crippen LogP contribution is -2.33. The Morgan fingerprint density at radius 3 is 3.00 bits per heavy atom. The van der Waals surface area contributed by atoms with Crippen molar-refractivity contribution in [1.29, 1.82) is 0 Å². The van der Waals surface area contributed by atoms with E-state index in [9.17, 15) is 0 Å². The van der Waals surface area contributed by atoms with Crippen LogP contribution in [0.5, 0.6) is 0 Å². The topological polar surface area (TPSA) is 34.1 Å². The molecule has 2 heterocycles. The first-order valence-electron chi connectivity index (χ1n) is 6.09. The van der Waals surface area contributed by atoms with Crippen LogP contribution < -0.4 is 5.32 Å². The fourth-order valence-electron chi connectivity index (χ4n) is 1.89. The highest BCUT2D eigenvalue weighted by Crippen LogP contribution is 2.21. The quantitative estimate of drug-likeness (QED) is 0.848. The van der Waals surface area contributed by atoms with E-state index in [4.69, 9.17) is 4.74 Å². The number of hydrogen-bond acceptors (Lipinski definition) is 3. The van der Waals surface area contributed by atoms with Gasteiger partial charge < -0.3 is 10.1 Å². The van der Waals surface area contributed by atoms with Crippen LogP contribution in [-0.4, -0.2) is 24.7 Å². The predicted octanol–water partition coefficient (Wildman–Crippen LogP) is 2.26. The highest BCUT2D eigenvalue weighted by atomic mass is 16.5. The van der Waals surface area contributed by atoms with Crippen LogP contribution in [0, 0.1) is 0 Å². The van der Waals surface area contributed by atoms with Crippen LogP contribution in [0.15, 0.2) is 18.3 Å². The lowest BCUT2D eigenvalue weighted by atomic mass is 10.00. The van der Waals surface area contributed by atoms with E-state index >= 15 is 0 Å². The Hall–Kier alpha value is -0.930.